The second-order valence-electron chi connectivity index (χ2n) is 4.87. The molecule has 0 radical (unpaired) electrons. The van der Waals surface area contributed by atoms with Crippen molar-refractivity contribution in [2.24, 2.45) is 0 Å². The van der Waals surface area contributed by atoms with E-state index in [1.54, 1.807) is 17.0 Å². The van der Waals surface area contributed by atoms with Gasteiger partial charge in [0.2, 0.25) is 0 Å². The van der Waals surface area contributed by atoms with Crippen LogP contribution in [-0.2, 0) is 14.3 Å². The van der Waals surface area contributed by atoms with Crippen LogP contribution in [0.5, 0.6) is 0 Å². The highest BCUT2D eigenvalue weighted by Crippen LogP contribution is 2.11. The van der Waals surface area contributed by atoms with Crippen LogP contribution in [0.25, 0.3) is 0 Å². The smallest absolute Gasteiger partial charge is 0.338 e. The van der Waals surface area contributed by atoms with Gasteiger partial charge in [0, 0.05) is 13.1 Å². The molecule has 108 valence electrons. The Morgan fingerprint density at radius 3 is 2.55 bits per heavy atom. The van der Waals surface area contributed by atoms with Gasteiger partial charge in [0.25, 0.3) is 5.91 Å². The van der Waals surface area contributed by atoms with Gasteiger partial charge in [-0.25, -0.2) is 4.79 Å². The maximum absolute atomic E-state index is 11.9. The van der Waals surface area contributed by atoms with Crippen molar-refractivity contribution in [2.45, 2.75) is 13.8 Å². The van der Waals surface area contributed by atoms with Crippen molar-refractivity contribution in [3.05, 3.63) is 34.9 Å². The average molecular weight is 277 g/mol. The second kappa shape index (κ2) is 6.52. The molecular weight excluding hydrogens is 258 g/mol. The number of esters is 1. The number of rotatable bonds is 3. The minimum absolute atomic E-state index is 0.175. The Labute approximate surface area is 118 Å². The molecule has 1 aliphatic rings. The highest BCUT2D eigenvalue weighted by atomic mass is 16.5. The fourth-order valence-electron chi connectivity index (χ4n) is 1.98. The van der Waals surface area contributed by atoms with Gasteiger partial charge in [-0.3, -0.25) is 4.79 Å². The Balaban J connectivity index is 1.88. The molecule has 0 N–H and O–H groups in total. The predicted octanol–water partition coefficient (Wildman–Crippen LogP) is 1.32. The molecule has 1 aromatic carbocycles. The Morgan fingerprint density at radius 1 is 1.20 bits per heavy atom. The lowest BCUT2D eigenvalue weighted by molar-refractivity contribution is -0.138. The van der Waals surface area contributed by atoms with Crippen molar-refractivity contribution in [1.29, 1.82) is 0 Å². The number of hydrogen-bond acceptors (Lipinski definition) is 4. The van der Waals surface area contributed by atoms with Crippen LogP contribution < -0.4 is 0 Å². The summed E-state index contributed by atoms with van der Waals surface area (Å²) in [4.78, 5) is 25.4. The Bertz CT molecular complexity index is 507. The maximum atomic E-state index is 11.9. The first kappa shape index (κ1) is 14.5. The van der Waals surface area contributed by atoms with E-state index in [-0.39, 0.29) is 12.5 Å². The molecular formula is C15H19NO4. The topological polar surface area (TPSA) is 55.8 Å². The average Bonchev–Trinajstić information content (AvgIpc) is 2.48. The summed E-state index contributed by atoms with van der Waals surface area (Å²) in [7, 11) is 0. The fraction of sp³-hybridized carbons (Fsp3) is 0.467. The van der Waals surface area contributed by atoms with E-state index >= 15 is 0 Å². The Kier molecular flexibility index (Phi) is 4.74. The minimum atomic E-state index is -0.463. The van der Waals surface area contributed by atoms with Crippen LogP contribution in [0.4, 0.5) is 0 Å². The van der Waals surface area contributed by atoms with E-state index in [1.165, 1.54) is 0 Å². The molecule has 1 heterocycles. The molecule has 1 amide bonds. The van der Waals surface area contributed by atoms with Gasteiger partial charge < -0.3 is 14.4 Å². The summed E-state index contributed by atoms with van der Waals surface area (Å²) in [6, 6.07) is 5.36. The van der Waals surface area contributed by atoms with Gasteiger partial charge in [0.05, 0.1) is 18.8 Å². The van der Waals surface area contributed by atoms with Gasteiger partial charge in [-0.1, -0.05) is 6.07 Å². The summed E-state index contributed by atoms with van der Waals surface area (Å²) < 4.78 is 10.2. The van der Waals surface area contributed by atoms with Crippen LogP contribution in [0.3, 0.4) is 0 Å². The van der Waals surface area contributed by atoms with Crippen LogP contribution in [0.15, 0.2) is 18.2 Å². The summed E-state index contributed by atoms with van der Waals surface area (Å²) in [6.45, 7) is 5.89. The minimum Gasteiger partial charge on any atom is -0.452 e. The number of nitrogens with zero attached hydrogens (tertiary/aromatic N) is 1. The summed E-state index contributed by atoms with van der Waals surface area (Å²) in [5, 5.41) is 0. The fourth-order valence-corrected chi connectivity index (χ4v) is 1.98. The molecule has 1 aromatic rings. The number of carbonyl (C=O) groups excluding carboxylic acids is 2. The van der Waals surface area contributed by atoms with E-state index in [4.69, 9.17) is 9.47 Å². The van der Waals surface area contributed by atoms with Crippen LogP contribution in [0.1, 0.15) is 21.5 Å². The Morgan fingerprint density at radius 2 is 1.90 bits per heavy atom. The van der Waals surface area contributed by atoms with Crippen LogP contribution in [0.2, 0.25) is 0 Å². The molecule has 0 spiro atoms. The van der Waals surface area contributed by atoms with Crippen LogP contribution in [0, 0.1) is 13.8 Å². The van der Waals surface area contributed by atoms with Gasteiger partial charge in [0.15, 0.2) is 6.61 Å². The number of ether oxygens (including phenoxy) is 2. The molecule has 1 fully saturated rings. The standard InChI is InChI=1S/C15H19NO4/c1-11-3-4-13(9-12(11)2)15(18)20-10-14(17)16-5-7-19-8-6-16/h3-4,9H,5-8,10H2,1-2H3. The number of amides is 1. The monoisotopic (exact) mass is 277 g/mol. The summed E-state index contributed by atoms with van der Waals surface area (Å²) in [5.74, 6) is -0.639. The molecule has 0 bridgehead atoms. The van der Waals surface area contributed by atoms with E-state index in [0.717, 1.165) is 11.1 Å². The quantitative estimate of drug-likeness (QED) is 0.782. The highest BCUT2D eigenvalue weighted by Gasteiger charge is 2.18. The van der Waals surface area contributed by atoms with Crippen molar-refractivity contribution < 1.29 is 19.1 Å². The normalized spacial score (nSPS) is 15.0. The lowest BCUT2D eigenvalue weighted by atomic mass is 10.1. The zero-order chi connectivity index (χ0) is 14.5. The van der Waals surface area contributed by atoms with E-state index in [9.17, 15) is 9.59 Å². The van der Waals surface area contributed by atoms with E-state index in [2.05, 4.69) is 0 Å². The van der Waals surface area contributed by atoms with Crippen molar-refractivity contribution in [2.75, 3.05) is 32.9 Å². The lowest BCUT2D eigenvalue weighted by Gasteiger charge is -2.26. The number of morpholine rings is 1. The molecule has 0 atom stereocenters. The molecule has 1 aliphatic heterocycles. The molecule has 0 aromatic heterocycles. The van der Waals surface area contributed by atoms with E-state index in [1.807, 2.05) is 19.9 Å². The van der Waals surface area contributed by atoms with Gasteiger partial charge in [-0.2, -0.15) is 0 Å². The molecule has 20 heavy (non-hydrogen) atoms. The summed E-state index contributed by atoms with van der Waals surface area (Å²) >= 11 is 0. The predicted molar refractivity (Wildman–Crippen MR) is 73.6 cm³/mol. The number of benzene rings is 1. The third-order valence-corrected chi connectivity index (χ3v) is 3.43. The van der Waals surface area contributed by atoms with E-state index in [0.29, 0.717) is 31.9 Å². The van der Waals surface area contributed by atoms with Gasteiger partial charge in [-0.15, -0.1) is 0 Å². The molecule has 1 saturated heterocycles. The first-order chi connectivity index (χ1) is 9.58. The first-order valence-corrected chi connectivity index (χ1v) is 6.68. The van der Waals surface area contributed by atoms with E-state index < -0.39 is 5.97 Å². The van der Waals surface area contributed by atoms with Crippen LogP contribution >= 0.6 is 0 Å². The van der Waals surface area contributed by atoms with Gasteiger partial charge >= 0.3 is 5.97 Å². The molecule has 0 saturated carbocycles. The van der Waals surface area contributed by atoms with Crippen molar-refractivity contribution in [3.63, 3.8) is 0 Å². The molecule has 0 unspecified atom stereocenters. The van der Waals surface area contributed by atoms with Crippen molar-refractivity contribution >= 4 is 11.9 Å². The SMILES string of the molecule is Cc1ccc(C(=O)OCC(=O)N2CCOCC2)cc1C. The van der Waals surface area contributed by atoms with Gasteiger partial charge in [-0.05, 0) is 37.1 Å². The lowest BCUT2D eigenvalue weighted by Crippen LogP contribution is -2.42. The van der Waals surface area contributed by atoms with Crippen molar-refractivity contribution in [1.82, 2.24) is 4.90 Å². The van der Waals surface area contributed by atoms with Gasteiger partial charge in [0.1, 0.15) is 0 Å². The van der Waals surface area contributed by atoms with Crippen LogP contribution in [-0.4, -0.2) is 49.7 Å². The first-order valence-electron chi connectivity index (χ1n) is 6.68. The number of carbonyl (C=O) groups is 2. The maximum Gasteiger partial charge on any atom is 0.338 e. The molecule has 2 rings (SSSR count). The molecule has 5 heteroatoms. The number of hydrogen-bond donors (Lipinski definition) is 0. The second-order valence-corrected chi connectivity index (χ2v) is 4.87. The van der Waals surface area contributed by atoms with Crippen molar-refractivity contribution in [3.8, 4) is 0 Å². The Hall–Kier alpha value is -1.88. The number of aryl methyl sites for hydroxylation is 2. The highest BCUT2D eigenvalue weighted by molar-refractivity contribution is 5.91. The largest absolute Gasteiger partial charge is 0.452 e. The zero-order valence-corrected chi connectivity index (χ0v) is 11.8. The third-order valence-electron chi connectivity index (χ3n) is 3.43. The molecule has 5 nitrogen and oxygen atoms in total. The molecule has 0 aliphatic carbocycles. The summed E-state index contributed by atoms with van der Waals surface area (Å²) in [6.07, 6.45) is 0. The summed E-state index contributed by atoms with van der Waals surface area (Å²) in [5.41, 5.74) is 2.62. The third kappa shape index (κ3) is 3.57. The zero-order valence-electron chi connectivity index (χ0n) is 11.8.